The summed E-state index contributed by atoms with van der Waals surface area (Å²) in [5.41, 5.74) is 6.62. The van der Waals surface area contributed by atoms with Crippen molar-refractivity contribution in [1.82, 2.24) is 4.90 Å². The standard InChI is InChI=1S/C16H30N2/c17-12-16(7-2-1-3-8-16)13-18-10-14-5-4-6-15(9-14)11-18/h14-15H,1-13,17H2. The molecule has 0 spiro atoms. The smallest absolute Gasteiger partial charge is 0.00503 e. The summed E-state index contributed by atoms with van der Waals surface area (Å²) >= 11 is 0. The molecule has 2 atom stereocenters. The van der Waals surface area contributed by atoms with Crippen LogP contribution in [0, 0.1) is 17.3 Å². The first-order chi connectivity index (χ1) is 8.80. The molecule has 2 bridgehead atoms. The summed E-state index contributed by atoms with van der Waals surface area (Å²) in [6.45, 7) is 4.96. The van der Waals surface area contributed by atoms with Crippen LogP contribution >= 0.6 is 0 Å². The number of hydrogen-bond donors (Lipinski definition) is 1. The summed E-state index contributed by atoms with van der Waals surface area (Å²) in [5, 5.41) is 0. The first-order valence-electron chi connectivity index (χ1n) is 8.22. The van der Waals surface area contributed by atoms with Crippen LogP contribution in [0.25, 0.3) is 0 Å². The Morgan fingerprint density at radius 3 is 2.22 bits per heavy atom. The van der Waals surface area contributed by atoms with Crippen LogP contribution in [0.1, 0.15) is 57.8 Å². The summed E-state index contributed by atoms with van der Waals surface area (Å²) in [6, 6.07) is 0. The average Bonchev–Trinajstić information content (AvgIpc) is 2.39. The average molecular weight is 250 g/mol. The van der Waals surface area contributed by atoms with Crippen molar-refractivity contribution >= 4 is 0 Å². The van der Waals surface area contributed by atoms with E-state index in [2.05, 4.69) is 4.90 Å². The lowest BCUT2D eigenvalue weighted by Gasteiger charge is -2.46. The molecule has 2 N–H and O–H groups in total. The van der Waals surface area contributed by atoms with Gasteiger partial charge in [-0.2, -0.15) is 0 Å². The molecule has 1 aliphatic heterocycles. The minimum Gasteiger partial charge on any atom is -0.330 e. The lowest BCUT2D eigenvalue weighted by molar-refractivity contribution is 0.0362. The number of nitrogens with two attached hydrogens (primary N) is 1. The van der Waals surface area contributed by atoms with E-state index in [-0.39, 0.29) is 0 Å². The first kappa shape index (κ1) is 12.9. The van der Waals surface area contributed by atoms with Crippen LogP contribution in [-0.4, -0.2) is 31.1 Å². The molecule has 1 saturated heterocycles. The van der Waals surface area contributed by atoms with E-state index in [1.165, 1.54) is 77.4 Å². The van der Waals surface area contributed by atoms with Crippen LogP contribution in [0.4, 0.5) is 0 Å². The Kier molecular flexibility index (Phi) is 3.95. The van der Waals surface area contributed by atoms with Gasteiger partial charge in [-0.1, -0.05) is 25.7 Å². The fraction of sp³-hybridized carbons (Fsp3) is 1.00. The molecule has 0 aromatic carbocycles. The van der Waals surface area contributed by atoms with Crippen molar-refractivity contribution in [2.45, 2.75) is 57.8 Å². The zero-order chi connectivity index (χ0) is 12.4. The third kappa shape index (κ3) is 2.75. The van der Waals surface area contributed by atoms with Gasteiger partial charge in [-0.05, 0) is 55.9 Å². The highest BCUT2D eigenvalue weighted by Gasteiger charge is 2.36. The molecule has 2 unspecified atom stereocenters. The molecular weight excluding hydrogens is 220 g/mol. The van der Waals surface area contributed by atoms with E-state index < -0.39 is 0 Å². The highest BCUT2D eigenvalue weighted by Crippen LogP contribution is 2.39. The van der Waals surface area contributed by atoms with Gasteiger partial charge in [0.25, 0.3) is 0 Å². The van der Waals surface area contributed by atoms with Crippen molar-refractivity contribution in [3.63, 3.8) is 0 Å². The zero-order valence-electron chi connectivity index (χ0n) is 11.9. The van der Waals surface area contributed by atoms with Crippen LogP contribution in [0.5, 0.6) is 0 Å². The molecular formula is C16H30N2. The van der Waals surface area contributed by atoms with Crippen LogP contribution in [0.3, 0.4) is 0 Å². The third-order valence-electron chi connectivity index (χ3n) is 5.83. The number of piperidine rings is 1. The fourth-order valence-corrected chi connectivity index (χ4v) is 4.87. The topological polar surface area (TPSA) is 29.3 Å². The van der Waals surface area contributed by atoms with Crippen molar-refractivity contribution in [2.24, 2.45) is 23.0 Å². The SMILES string of the molecule is NCC1(CN2CC3CCCC(C3)C2)CCCCC1. The molecule has 2 nitrogen and oxygen atoms in total. The largest absolute Gasteiger partial charge is 0.330 e. The number of fused-ring (bicyclic) bond motifs is 2. The van der Waals surface area contributed by atoms with Crippen LogP contribution < -0.4 is 5.73 Å². The molecule has 0 radical (unpaired) electrons. The second kappa shape index (κ2) is 5.50. The van der Waals surface area contributed by atoms with E-state index in [0.717, 1.165) is 18.4 Å². The maximum Gasteiger partial charge on any atom is 0.00503 e. The van der Waals surface area contributed by atoms with E-state index >= 15 is 0 Å². The Hall–Kier alpha value is -0.0800. The third-order valence-corrected chi connectivity index (χ3v) is 5.83. The lowest BCUT2D eigenvalue weighted by atomic mass is 9.72. The van der Waals surface area contributed by atoms with Gasteiger partial charge in [0.05, 0.1) is 0 Å². The molecule has 0 amide bonds. The van der Waals surface area contributed by atoms with Crippen LogP contribution in [0.15, 0.2) is 0 Å². The summed E-state index contributed by atoms with van der Waals surface area (Å²) in [6.07, 6.45) is 13.0. The Morgan fingerprint density at radius 2 is 1.61 bits per heavy atom. The first-order valence-corrected chi connectivity index (χ1v) is 8.22. The molecule has 2 aliphatic carbocycles. The van der Waals surface area contributed by atoms with Gasteiger partial charge in [-0.3, -0.25) is 0 Å². The van der Waals surface area contributed by atoms with Gasteiger partial charge in [0.2, 0.25) is 0 Å². The Balaban J connectivity index is 1.60. The molecule has 0 aromatic heterocycles. The van der Waals surface area contributed by atoms with Crippen molar-refractivity contribution in [2.75, 3.05) is 26.2 Å². The number of nitrogens with zero attached hydrogens (tertiary/aromatic N) is 1. The normalized spacial score (nSPS) is 36.5. The van der Waals surface area contributed by atoms with E-state index in [0.29, 0.717) is 5.41 Å². The van der Waals surface area contributed by atoms with Gasteiger partial charge in [0, 0.05) is 19.6 Å². The second-order valence-electron chi connectivity index (χ2n) is 7.36. The van der Waals surface area contributed by atoms with Crippen LogP contribution in [-0.2, 0) is 0 Å². The van der Waals surface area contributed by atoms with E-state index in [4.69, 9.17) is 5.73 Å². The van der Waals surface area contributed by atoms with E-state index in [9.17, 15) is 0 Å². The molecule has 3 aliphatic rings. The lowest BCUT2D eigenvalue weighted by Crippen LogP contribution is -2.50. The molecule has 2 saturated carbocycles. The molecule has 1 heterocycles. The number of likely N-dealkylation sites (tertiary alicyclic amines) is 1. The van der Waals surface area contributed by atoms with Gasteiger partial charge in [0.1, 0.15) is 0 Å². The molecule has 0 aromatic rings. The van der Waals surface area contributed by atoms with Crippen LogP contribution in [0.2, 0.25) is 0 Å². The summed E-state index contributed by atoms with van der Waals surface area (Å²) in [7, 11) is 0. The van der Waals surface area contributed by atoms with Gasteiger partial charge < -0.3 is 10.6 Å². The molecule has 2 heteroatoms. The minimum atomic E-state index is 0.476. The Morgan fingerprint density at radius 1 is 0.944 bits per heavy atom. The highest BCUT2D eigenvalue weighted by molar-refractivity contribution is 4.90. The van der Waals surface area contributed by atoms with Crippen molar-refractivity contribution in [3.8, 4) is 0 Å². The van der Waals surface area contributed by atoms with Crippen molar-refractivity contribution in [1.29, 1.82) is 0 Å². The maximum atomic E-state index is 6.14. The fourth-order valence-electron chi connectivity index (χ4n) is 4.87. The van der Waals surface area contributed by atoms with Gasteiger partial charge in [-0.15, -0.1) is 0 Å². The van der Waals surface area contributed by atoms with E-state index in [1.54, 1.807) is 0 Å². The van der Waals surface area contributed by atoms with Gasteiger partial charge >= 0.3 is 0 Å². The summed E-state index contributed by atoms with van der Waals surface area (Å²) in [5.74, 6) is 2.02. The monoisotopic (exact) mass is 250 g/mol. The molecule has 3 fully saturated rings. The highest BCUT2D eigenvalue weighted by atomic mass is 15.1. The zero-order valence-corrected chi connectivity index (χ0v) is 11.9. The van der Waals surface area contributed by atoms with E-state index in [1.807, 2.05) is 0 Å². The number of rotatable bonds is 3. The molecule has 104 valence electrons. The maximum absolute atomic E-state index is 6.14. The minimum absolute atomic E-state index is 0.476. The Labute approximate surface area is 112 Å². The van der Waals surface area contributed by atoms with Gasteiger partial charge in [0.15, 0.2) is 0 Å². The predicted molar refractivity (Wildman–Crippen MR) is 76.5 cm³/mol. The van der Waals surface area contributed by atoms with Crippen molar-refractivity contribution in [3.05, 3.63) is 0 Å². The predicted octanol–water partition coefficient (Wildman–Crippen LogP) is 3.02. The van der Waals surface area contributed by atoms with Gasteiger partial charge in [-0.25, -0.2) is 0 Å². The second-order valence-corrected chi connectivity index (χ2v) is 7.36. The van der Waals surface area contributed by atoms with Crippen molar-refractivity contribution < 1.29 is 0 Å². The number of hydrogen-bond acceptors (Lipinski definition) is 2. The molecule has 18 heavy (non-hydrogen) atoms. The summed E-state index contributed by atoms with van der Waals surface area (Å²) < 4.78 is 0. The molecule has 3 rings (SSSR count). The summed E-state index contributed by atoms with van der Waals surface area (Å²) in [4.78, 5) is 2.79. The Bertz CT molecular complexity index is 258. The quantitative estimate of drug-likeness (QED) is 0.834.